The SMILES string of the molecule is Cc1c(I)cccc1-n1ccc2c3ccccc3n(C)c21. The van der Waals surface area contributed by atoms with E-state index in [4.69, 9.17) is 0 Å². The number of fused-ring (bicyclic) bond motifs is 3. The molecule has 4 rings (SSSR count). The quantitative estimate of drug-likeness (QED) is 0.406. The molecule has 0 unspecified atom stereocenters. The second-order valence-corrected chi connectivity index (χ2v) is 6.55. The second-order valence-electron chi connectivity index (χ2n) is 5.38. The van der Waals surface area contributed by atoms with E-state index in [0.29, 0.717) is 0 Å². The molecule has 2 nitrogen and oxygen atoms in total. The van der Waals surface area contributed by atoms with E-state index in [1.807, 2.05) is 0 Å². The van der Waals surface area contributed by atoms with Gasteiger partial charge in [0.1, 0.15) is 5.65 Å². The molecule has 0 aliphatic carbocycles. The zero-order valence-electron chi connectivity index (χ0n) is 12.0. The third kappa shape index (κ3) is 1.77. The van der Waals surface area contributed by atoms with Crippen molar-refractivity contribution < 1.29 is 0 Å². The van der Waals surface area contributed by atoms with Gasteiger partial charge in [0.05, 0.1) is 11.2 Å². The largest absolute Gasteiger partial charge is 0.329 e. The van der Waals surface area contributed by atoms with Crippen LogP contribution in [-0.2, 0) is 7.05 Å². The maximum Gasteiger partial charge on any atom is 0.125 e. The molecule has 4 aromatic rings. The van der Waals surface area contributed by atoms with Crippen LogP contribution in [0.25, 0.3) is 27.6 Å². The van der Waals surface area contributed by atoms with Crippen molar-refractivity contribution in [2.75, 3.05) is 0 Å². The molecule has 0 N–H and O–H groups in total. The fourth-order valence-corrected chi connectivity index (χ4v) is 3.62. The normalized spacial score (nSPS) is 11.6. The molecule has 0 amide bonds. The number of nitrogens with zero attached hydrogens (tertiary/aromatic N) is 2. The Morgan fingerprint density at radius 1 is 0.905 bits per heavy atom. The first kappa shape index (κ1) is 13.0. The lowest BCUT2D eigenvalue weighted by atomic mass is 10.2. The number of halogens is 1. The first-order chi connectivity index (χ1) is 10.2. The van der Waals surface area contributed by atoms with Crippen LogP contribution < -0.4 is 0 Å². The number of para-hydroxylation sites is 1. The third-order valence-electron chi connectivity index (χ3n) is 4.23. The standard InChI is InChI=1S/C18H15IN2/c1-12-15(19)7-5-9-16(12)21-11-10-14-13-6-3-4-8-17(13)20(2)18(14)21/h3-11H,1-2H3. The molecule has 0 fully saturated rings. The highest BCUT2D eigenvalue weighted by atomic mass is 127. The summed E-state index contributed by atoms with van der Waals surface area (Å²) in [5.74, 6) is 0. The van der Waals surface area contributed by atoms with Crippen LogP contribution >= 0.6 is 22.6 Å². The summed E-state index contributed by atoms with van der Waals surface area (Å²) < 4.78 is 5.88. The summed E-state index contributed by atoms with van der Waals surface area (Å²) in [6.07, 6.45) is 2.18. The third-order valence-corrected chi connectivity index (χ3v) is 5.40. The Hall–Kier alpha value is -1.75. The van der Waals surface area contributed by atoms with Crippen molar-refractivity contribution in [2.45, 2.75) is 6.92 Å². The van der Waals surface area contributed by atoms with Crippen LogP contribution in [0.4, 0.5) is 0 Å². The second kappa shape index (κ2) is 4.63. The van der Waals surface area contributed by atoms with Gasteiger partial charge in [-0.25, -0.2) is 0 Å². The van der Waals surface area contributed by atoms with E-state index in [2.05, 4.69) is 100 Å². The lowest BCUT2D eigenvalue weighted by Crippen LogP contribution is -2.00. The number of benzene rings is 2. The topological polar surface area (TPSA) is 9.86 Å². The van der Waals surface area contributed by atoms with Crippen LogP contribution in [0.3, 0.4) is 0 Å². The van der Waals surface area contributed by atoms with E-state index in [9.17, 15) is 0 Å². The van der Waals surface area contributed by atoms with Crippen molar-refractivity contribution in [3.05, 3.63) is 63.9 Å². The van der Waals surface area contributed by atoms with Gasteiger partial charge in [-0.3, -0.25) is 0 Å². The predicted molar refractivity (Wildman–Crippen MR) is 97.2 cm³/mol. The molecule has 21 heavy (non-hydrogen) atoms. The van der Waals surface area contributed by atoms with Crippen LogP contribution in [0, 0.1) is 10.5 Å². The van der Waals surface area contributed by atoms with Gasteiger partial charge >= 0.3 is 0 Å². The van der Waals surface area contributed by atoms with Gasteiger partial charge in [-0.2, -0.15) is 0 Å². The maximum absolute atomic E-state index is 2.40. The van der Waals surface area contributed by atoms with Crippen molar-refractivity contribution in [2.24, 2.45) is 7.05 Å². The van der Waals surface area contributed by atoms with Gasteiger partial charge in [-0.15, -0.1) is 0 Å². The fraction of sp³-hybridized carbons (Fsp3) is 0.111. The first-order valence-electron chi connectivity index (χ1n) is 6.98. The summed E-state index contributed by atoms with van der Waals surface area (Å²) in [7, 11) is 2.14. The Balaban J connectivity index is 2.13. The number of hydrogen-bond donors (Lipinski definition) is 0. The van der Waals surface area contributed by atoms with Gasteiger partial charge in [-0.05, 0) is 59.3 Å². The molecule has 0 atom stereocenters. The van der Waals surface area contributed by atoms with Crippen molar-refractivity contribution in [1.82, 2.24) is 9.13 Å². The molecule has 0 radical (unpaired) electrons. The zero-order chi connectivity index (χ0) is 14.6. The average molecular weight is 386 g/mol. The van der Waals surface area contributed by atoms with Crippen molar-refractivity contribution in [3.63, 3.8) is 0 Å². The highest BCUT2D eigenvalue weighted by Gasteiger charge is 2.14. The van der Waals surface area contributed by atoms with Crippen molar-refractivity contribution >= 4 is 44.5 Å². The van der Waals surface area contributed by atoms with Crippen molar-refractivity contribution in [3.8, 4) is 5.69 Å². The minimum Gasteiger partial charge on any atom is -0.329 e. The molecule has 104 valence electrons. The zero-order valence-corrected chi connectivity index (χ0v) is 14.1. The molecule has 2 heterocycles. The monoisotopic (exact) mass is 386 g/mol. The Morgan fingerprint density at radius 3 is 2.57 bits per heavy atom. The Morgan fingerprint density at radius 2 is 1.71 bits per heavy atom. The minimum absolute atomic E-state index is 1.25. The molecule has 0 saturated heterocycles. The molecule has 2 aromatic heterocycles. The number of aryl methyl sites for hydroxylation is 1. The lowest BCUT2D eigenvalue weighted by molar-refractivity contribution is 0.945. The highest BCUT2D eigenvalue weighted by Crippen LogP contribution is 2.31. The number of aromatic nitrogens is 2. The number of rotatable bonds is 1. The fourth-order valence-electron chi connectivity index (χ4n) is 3.14. The average Bonchev–Trinajstić information content (AvgIpc) is 3.04. The van der Waals surface area contributed by atoms with Gasteiger partial charge in [0.25, 0.3) is 0 Å². The molecule has 0 spiro atoms. The van der Waals surface area contributed by atoms with E-state index in [-0.39, 0.29) is 0 Å². The molecule has 2 aromatic carbocycles. The highest BCUT2D eigenvalue weighted by molar-refractivity contribution is 14.1. The number of hydrogen-bond acceptors (Lipinski definition) is 0. The molecular formula is C18H15IN2. The van der Waals surface area contributed by atoms with Gasteiger partial charge in [0, 0.05) is 27.6 Å². The van der Waals surface area contributed by atoms with E-state index in [1.54, 1.807) is 0 Å². The van der Waals surface area contributed by atoms with E-state index < -0.39 is 0 Å². The van der Waals surface area contributed by atoms with Crippen LogP contribution in [-0.4, -0.2) is 9.13 Å². The summed E-state index contributed by atoms with van der Waals surface area (Å²) >= 11 is 2.40. The summed E-state index contributed by atoms with van der Waals surface area (Å²) in [6, 6.07) is 17.3. The molecule has 3 heteroatoms. The molecule has 0 aliphatic heterocycles. The van der Waals surface area contributed by atoms with Crippen LogP contribution in [0.2, 0.25) is 0 Å². The van der Waals surface area contributed by atoms with Crippen LogP contribution in [0.5, 0.6) is 0 Å². The summed E-state index contributed by atoms with van der Waals surface area (Å²) in [4.78, 5) is 0. The summed E-state index contributed by atoms with van der Waals surface area (Å²) in [6.45, 7) is 2.19. The summed E-state index contributed by atoms with van der Waals surface area (Å²) in [5, 5.41) is 2.63. The van der Waals surface area contributed by atoms with E-state index in [1.165, 1.54) is 36.8 Å². The van der Waals surface area contributed by atoms with E-state index >= 15 is 0 Å². The molecule has 0 aliphatic rings. The van der Waals surface area contributed by atoms with Crippen molar-refractivity contribution in [1.29, 1.82) is 0 Å². The summed E-state index contributed by atoms with van der Waals surface area (Å²) in [5.41, 5.74) is 5.10. The molecule has 0 bridgehead atoms. The lowest BCUT2D eigenvalue weighted by Gasteiger charge is -2.11. The van der Waals surface area contributed by atoms with Crippen LogP contribution in [0.15, 0.2) is 54.7 Å². The van der Waals surface area contributed by atoms with Crippen LogP contribution in [0.1, 0.15) is 5.56 Å². The van der Waals surface area contributed by atoms with E-state index in [0.717, 1.165) is 0 Å². The Kier molecular flexibility index (Phi) is 2.85. The smallest absolute Gasteiger partial charge is 0.125 e. The van der Waals surface area contributed by atoms with Gasteiger partial charge < -0.3 is 9.13 Å². The Bertz CT molecular complexity index is 976. The molecule has 0 saturated carbocycles. The first-order valence-corrected chi connectivity index (χ1v) is 8.06. The minimum atomic E-state index is 1.25. The molecular weight excluding hydrogens is 371 g/mol. The maximum atomic E-state index is 2.40. The predicted octanol–water partition coefficient (Wildman–Crippen LogP) is 5.04. The van der Waals surface area contributed by atoms with Gasteiger partial charge in [0.2, 0.25) is 0 Å². The Labute approximate surface area is 137 Å². The van der Waals surface area contributed by atoms with Gasteiger partial charge in [-0.1, -0.05) is 24.3 Å². The van der Waals surface area contributed by atoms with Gasteiger partial charge in [0.15, 0.2) is 0 Å².